The van der Waals surface area contributed by atoms with Crippen molar-refractivity contribution in [2.45, 2.75) is 6.54 Å². The van der Waals surface area contributed by atoms with Crippen LogP contribution in [0.25, 0.3) is 10.9 Å². The maximum atomic E-state index is 12.2. The van der Waals surface area contributed by atoms with Crippen LogP contribution in [0.4, 0.5) is 0 Å². The fraction of sp³-hybridized carbons (Fsp3) is 0.188. The third kappa shape index (κ3) is 3.86. The van der Waals surface area contributed by atoms with Crippen LogP contribution >= 0.6 is 27.3 Å². The standard InChI is InChI=1S/C16H14BrN3O2S/c1-20(8-12-3-2-6-23-12)15(21)9-22-16-13-7-11(17)4-5-14(13)18-10-19-16/h2-7,10H,8-9H2,1H3. The van der Waals surface area contributed by atoms with E-state index in [1.807, 2.05) is 35.7 Å². The molecule has 0 aliphatic carbocycles. The van der Waals surface area contributed by atoms with Crippen molar-refractivity contribution in [1.82, 2.24) is 14.9 Å². The van der Waals surface area contributed by atoms with Crippen molar-refractivity contribution in [3.63, 3.8) is 0 Å². The van der Waals surface area contributed by atoms with Gasteiger partial charge in [0.15, 0.2) is 6.61 Å². The van der Waals surface area contributed by atoms with E-state index < -0.39 is 0 Å². The Hall–Kier alpha value is -1.99. The van der Waals surface area contributed by atoms with Gasteiger partial charge in [-0.15, -0.1) is 11.3 Å². The smallest absolute Gasteiger partial charge is 0.260 e. The number of benzene rings is 1. The average molecular weight is 392 g/mol. The van der Waals surface area contributed by atoms with Gasteiger partial charge in [0.25, 0.3) is 5.91 Å². The highest BCUT2D eigenvalue weighted by Gasteiger charge is 2.13. The van der Waals surface area contributed by atoms with E-state index in [1.165, 1.54) is 6.33 Å². The number of rotatable bonds is 5. The molecule has 2 heterocycles. The van der Waals surface area contributed by atoms with Crippen LogP contribution in [0.2, 0.25) is 0 Å². The molecular weight excluding hydrogens is 378 g/mol. The number of thiophene rings is 1. The van der Waals surface area contributed by atoms with E-state index in [2.05, 4.69) is 25.9 Å². The summed E-state index contributed by atoms with van der Waals surface area (Å²) in [6, 6.07) is 9.63. The Morgan fingerprint density at radius 2 is 2.22 bits per heavy atom. The van der Waals surface area contributed by atoms with Crippen LogP contribution in [0.1, 0.15) is 4.88 Å². The first kappa shape index (κ1) is 15.9. The second kappa shape index (κ2) is 7.06. The number of carbonyl (C=O) groups is 1. The maximum Gasteiger partial charge on any atom is 0.260 e. The van der Waals surface area contributed by atoms with Crippen molar-refractivity contribution >= 4 is 44.1 Å². The minimum atomic E-state index is -0.0971. The molecule has 3 aromatic rings. The van der Waals surface area contributed by atoms with E-state index in [4.69, 9.17) is 4.74 Å². The molecule has 0 fully saturated rings. The number of ether oxygens (including phenoxy) is 1. The number of halogens is 1. The van der Waals surface area contributed by atoms with Gasteiger partial charge in [-0.05, 0) is 29.6 Å². The SMILES string of the molecule is CN(Cc1cccs1)C(=O)COc1ncnc2ccc(Br)cc12. The Labute approximate surface area is 146 Å². The predicted octanol–water partition coefficient (Wildman–Crippen LogP) is 3.49. The van der Waals surface area contributed by atoms with Gasteiger partial charge in [-0.2, -0.15) is 0 Å². The molecule has 0 aliphatic rings. The second-order valence-corrected chi connectivity index (χ2v) is 6.91. The molecule has 0 atom stereocenters. The number of carbonyl (C=O) groups excluding carboxylic acids is 1. The summed E-state index contributed by atoms with van der Waals surface area (Å²) in [7, 11) is 1.76. The second-order valence-electron chi connectivity index (χ2n) is 4.96. The summed E-state index contributed by atoms with van der Waals surface area (Å²) < 4.78 is 6.52. The Kier molecular flexibility index (Phi) is 4.88. The van der Waals surface area contributed by atoms with Gasteiger partial charge < -0.3 is 9.64 Å². The van der Waals surface area contributed by atoms with E-state index in [1.54, 1.807) is 23.3 Å². The molecule has 0 unspecified atom stereocenters. The largest absolute Gasteiger partial charge is 0.467 e. The molecule has 1 amide bonds. The van der Waals surface area contributed by atoms with Gasteiger partial charge in [0.05, 0.1) is 17.4 Å². The highest BCUT2D eigenvalue weighted by atomic mass is 79.9. The molecular formula is C16H14BrN3O2S. The number of hydrogen-bond donors (Lipinski definition) is 0. The van der Waals surface area contributed by atoms with E-state index in [0.717, 1.165) is 20.3 Å². The Balaban J connectivity index is 1.68. The van der Waals surface area contributed by atoms with Crippen LogP contribution in [0.15, 0.2) is 46.5 Å². The molecule has 118 valence electrons. The molecule has 1 aromatic carbocycles. The summed E-state index contributed by atoms with van der Waals surface area (Å²) in [5.41, 5.74) is 0.776. The van der Waals surface area contributed by atoms with Crippen molar-refractivity contribution in [2.24, 2.45) is 0 Å². The lowest BCUT2D eigenvalue weighted by molar-refractivity contribution is -0.132. The van der Waals surface area contributed by atoms with E-state index in [0.29, 0.717) is 12.4 Å². The van der Waals surface area contributed by atoms with Gasteiger partial charge in [0, 0.05) is 16.4 Å². The number of aromatic nitrogens is 2. The molecule has 23 heavy (non-hydrogen) atoms. The van der Waals surface area contributed by atoms with Crippen molar-refractivity contribution in [2.75, 3.05) is 13.7 Å². The predicted molar refractivity (Wildman–Crippen MR) is 93.5 cm³/mol. The van der Waals surface area contributed by atoms with Crippen molar-refractivity contribution in [3.05, 3.63) is 51.4 Å². The fourth-order valence-corrected chi connectivity index (χ4v) is 3.20. The Morgan fingerprint density at radius 1 is 1.35 bits per heavy atom. The molecule has 0 radical (unpaired) electrons. The minimum absolute atomic E-state index is 0.0551. The summed E-state index contributed by atoms with van der Waals surface area (Å²) in [5.74, 6) is 0.314. The van der Waals surface area contributed by atoms with Gasteiger partial charge in [-0.3, -0.25) is 4.79 Å². The Morgan fingerprint density at radius 3 is 3.00 bits per heavy atom. The molecule has 3 rings (SSSR count). The molecule has 2 aromatic heterocycles. The molecule has 0 saturated carbocycles. The number of likely N-dealkylation sites (N-methyl/N-ethyl adjacent to an activating group) is 1. The van der Waals surface area contributed by atoms with Crippen molar-refractivity contribution in [3.8, 4) is 5.88 Å². The molecule has 0 bridgehead atoms. The van der Waals surface area contributed by atoms with Crippen LogP contribution in [-0.4, -0.2) is 34.4 Å². The third-order valence-corrected chi connectivity index (χ3v) is 4.65. The lowest BCUT2D eigenvalue weighted by atomic mass is 10.2. The van der Waals surface area contributed by atoms with Crippen molar-refractivity contribution in [1.29, 1.82) is 0 Å². The summed E-state index contributed by atoms with van der Waals surface area (Å²) in [4.78, 5) is 23.3. The first-order chi connectivity index (χ1) is 11.1. The first-order valence-corrected chi connectivity index (χ1v) is 8.60. The van der Waals surface area contributed by atoms with Crippen LogP contribution in [0.3, 0.4) is 0 Å². The third-order valence-electron chi connectivity index (χ3n) is 3.29. The molecule has 5 nitrogen and oxygen atoms in total. The monoisotopic (exact) mass is 391 g/mol. The summed E-state index contributed by atoms with van der Waals surface area (Å²) in [6.07, 6.45) is 1.44. The van der Waals surface area contributed by atoms with Crippen LogP contribution < -0.4 is 4.74 Å². The number of amides is 1. The van der Waals surface area contributed by atoms with E-state index in [9.17, 15) is 4.79 Å². The summed E-state index contributed by atoms with van der Waals surface area (Å²) in [6.45, 7) is 0.524. The van der Waals surface area contributed by atoms with Gasteiger partial charge in [-0.25, -0.2) is 9.97 Å². The lowest BCUT2D eigenvalue weighted by Gasteiger charge is -2.16. The Bertz CT molecular complexity index is 823. The van der Waals surface area contributed by atoms with Crippen LogP contribution in [-0.2, 0) is 11.3 Å². The molecule has 7 heteroatoms. The quantitative estimate of drug-likeness (QED) is 0.667. The van der Waals surface area contributed by atoms with Gasteiger partial charge in [0.2, 0.25) is 5.88 Å². The minimum Gasteiger partial charge on any atom is -0.467 e. The first-order valence-electron chi connectivity index (χ1n) is 6.93. The molecule has 0 N–H and O–H groups in total. The van der Waals surface area contributed by atoms with Gasteiger partial charge in [-0.1, -0.05) is 22.0 Å². The normalized spacial score (nSPS) is 10.7. The van der Waals surface area contributed by atoms with Gasteiger partial charge >= 0.3 is 0 Å². The summed E-state index contributed by atoms with van der Waals surface area (Å²) in [5, 5.41) is 2.77. The zero-order chi connectivity index (χ0) is 16.2. The van der Waals surface area contributed by atoms with E-state index >= 15 is 0 Å². The molecule has 0 saturated heterocycles. The summed E-state index contributed by atoms with van der Waals surface area (Å²) >= 11 is 5.04. The maximum absolute atomic E-state index is 12.2. The van der Waals surface area contributed by atoms with Crippen molar-refractivity contribution < 1.29 is 9.53 Å². The van der Waals surface area contributed by atoms with Crippen LogP contribution in [0, 0.1) is 0 Å². The number of nitrogens with zero attached hydrogens (tertiary/aromatic N) is 3. The zero-order valence-electron chi connectivity index (χ0n) is 12.4. The molecule has 0 aliphatic heterocycles. The van der Waals surface area contributed by atoms with Gasteiger partial charge in [0.1, 0.15) is 6.33 Å². The highest BCUT2D eigenvalue weighted by Crippen LogP contribution is 2.24. The zero-order valence-corrected chi connectivity index (χ0v) is 14.8. The number of hydrogen-bond acceptors (Lipinski definition) is 5. The average Bonchev–Trinajstić information content (AvgIpc) is 3.05. The van der Waals surface area contributed by atoms with Crippen LogP contribution in [0.5, 0.6) is 5.88 Å². The fourth-order valence-electron chi connectivity index (χ4n) is 2.08. The topological polar surface area (TPSA) is 55.3 Å². The molecule has 0 spiro atoms. The lowest BCUT2D eigenvalue weighted by Crippen LogP contribution is -2.30. The highest BCUT2D eigenvalue weighted by molar-refractivity contribution is 9.10. The number of fused-ring (bicyclic) bond motifs is 1. The van der Waals surface area contributed by atoms with E-state index in [-0.39, 0.29) is 12.5 Å².